The second-order valence-electron chi connectivity index (χ2n) is 8.91. The Bertz CT molecular complexity index is 1280. The number of aryl methyl sites for hydroxylation is 2. The van der Waals surface area contributed by atoms with E-state index in [1.54, 1.807) is 12.1 Å². The highest BCUT2D eigenvalue weighted by molar-refractivity contribution is 6.43. The maximum atomic E-state index is 14.0. The highest BCUT2D eigenvalue weighted by Crippen LogP contribution is 2.53. The van der Waals surface area contributed by atoms with E-state index in [9.17, 15) is 29.4 Å². The Balaban J connectivity index is 1.98. The Kier molecular flexibility index (Phi) is 7.09. The summed E-state index contributed by atoms with van der Waals surface area (Å²) >= 11 is 18.8. The first-order valence-electron chi connectivity index (χ1n) is 11.3. The standard InChI is InChI=1S/C25H23Cl3N2O6/c1-3-11-6-5-7-12(4-2)21(11)30-22(33)17-18(23(30)34)25(24(35)36,10-16(31)32)29-20(17)14-8-13(26)9-15(27)19(14)28/h5-9,17-18,20,29H,3-4,10H2,1-2H3,(H,31,32)(H,35,36). The van der Waals surface area contributed by atoms with Crippen molar-refractivity contribution < 1.29 is 29.4 Å². The number of rotatable bonds is 7. The number of nitrogens with one attached hydrogen (secondary N) is 1. The summed E-state index contributed by atoms with van der Waals surface area (Å²) in [4.78, 5) is 53.5. The first kappa shape index (κ1) is 26.4. The van der Waals surface area contributed by atoms with Crippen LogP contribution >= 0.6 is 34.8 Å². The molecule has 4 unspecified atom stereocenters. The molecule has 0 radical (unpaired) electrons. The highest BCUT2D eigenvalue weighted by atomic mass is 35.5. The van der Waals surface area contributed by atoms with Crippen LogP contribution < -0.4 is 10.2 Å². The zero-order valence-corrected chi connectivity index (χ0v) is 21.6. The minimum atomic E-state index is -2.27. The van der Waals surface area contributed by atoms with Gasteiger partial charge in [-0.1, -0.05) is 66.8 Å². The maximum absolute atomic E-state index is 14.0. The molecule has 2 aromatic rings. The molecule has 2 fully saturated rings. The van der Waals surface area contributed by atoms with Gasteiger partial charge < -0.3 is 10.2 Å². The number of nitrogens with zero attached hydrogens (tertiary/aromatic N) is 1. The fourth-order valence-corrected chi connectivity index (χ4v) is 6.20. The van der Waals surface area contributed by atoms with Crippen LogP contribution in [0.2, 0.25) is 15.1 Å². The number of carboxylic acids is 2. The number of anilines is 1. The lowest BCUT2D eigenvalue weighted by Crippen LogP contribution is -2.57. The molecule has 0 aliphatic carbocycles. The molecule has 190 valence electrons. The third kappa shape index (κ3) is 3.96. The summed E-state index contributed by atoms with van der Waals surface area (Å²) in [5.41, 5.74) is -0.170. The summed E-state index contributed by atoms with van der Waals surface area (Å²) in [5, 5.41) is 23.0. The molecule has 0 spiro atoms. The Labute approximate surface area is 222 Å². The van der Waals surface area contributed by atoms with E-state index in [-0.39, 0.29) is 20.6 Å². The van der Waals surface area contributed by atoms with Gasteiger partial charge in [-0.2, -0.15) is 0 Å². The number of imide groups is 1. The fraction of sp³-hybridized carbons (Fsp3) is 0.360. The second kappa shape index (κ2) is 9.67. The number of carboxylic acid groups (broad SMARTS) is 2. The van der Waals surface area contributed by atoms with Crippen molar-refractivity contribution >= 4 is 64.2 Å². The van der Waals surface area contributed by atoms with Crippen LogP contribution in [0.1, 0.15) is 43.0 Å². The quantitative estimate of drug-likeness (QED) is 0.340. The van der Waals surface area contributed by atoms with Gasteiger partial charge in [0.1, 0.15) is 5.54 Å². The van der Waals surface area contributed by atoms with Gasteiger partial charge in [-0.05, 0) is 41.7 Å². The zero-order chi connectivity index (χ0) is 26.5. The van der Waals surface area contributed by atoms with Crippen LogP contribution in [0.15, 0.2) is 30.3 Å². The minimum absolute atomic E-state index is 0.0238. The zero-order valence-electron chi connectivity index (χ0n) is 19.3. The molecule has 36 heavy (non-hydrogen) atoms. The van der Waals surface area contributed by atoms with Crippen molar-refractivity contribution in [1.82, 2.24) is 5.32 Å². The smallest absolute Gasteiger partial charge is 0.325 e. The number of fused-ring (bicyclic) bond motifs is 1. The van der Waals surface area contributed by atoms with Gasteiger partial charge in [-0.25, -0.2) is 4.90 Å². The molecular weight excluding hydrogens is 531 g/mol. The highest BCUT2D eigenvalue weighted by Gasteiger charge is 2.69. The van der Waals surface area contributed by atoms with Crippen LogP contribution in [-0.2, 0) is 32.0 Å². The lowest BCUT2D eigenvalue weighted by atomic mass is 9.77. The third-order valence-electron chi connectivity index (χ3n) is 7.01. The van der Waals surface area contributed by atoms with E-state index in [1.807, 2.05) is 19.9 Å². The van der Waals surface area contributed by atoms with Gasteiger partial charge in [-0.3, -0.25) is 24.5 Å². The lowest BCUT2D eigenvalue weighted by Gasteiger charge is -2.31. The molecule has 2 amide bonds. The normalized spacial score (nSPS) is 25.4. The lowest BCUT2D eigenvalue weighted by molar-refractivity contribution is -0.154. The molecule has 4 atom stereocenters. The third-order valence-corrected chi connectivity index (χ3v) is 8.05. The van der Waals surface area contributed by atoms with Crippen molar-refractivity contribution in [1.29, 1.82) is 0 Å². The van der Waals surface area contributed by atoms with Crippen molar-refractivity contribution in [3.8, 4) is 0 Å². The molecule has 2 heterocycles. The first-order valence-corrected chi connectivity index (χ1v) is 12.5. The first-order chi connectivity index (χ1) is 17.0. The van der Waals surface area contributed by atoms with Gasteiger partial charge in [0, 0.05) is 11.1 Å². The van der Waals surface area contributed by atoms with Gasteiger partial charge >= 0.3 is 11.9 Å². The monoisotopic (exact) mass is 552 g/mol. The molecule has 8 nitrogen and oxygen atoms in total. The van der Waals surface area contributed by atoms with Crippen LogP contribution in [0.4, 0.5) is 5.69 Å². The van der Waals surface area contributed by atoms with E-state index in [4.69, 9.17) is 34.8 Å². The molecule has 0 aromatic heterocycles. The summed E-state index contributed by atoms with van der Waals surface area (Å²) in [5.74, 6) is -7.18. The molecule has 2 aromatic carbocycles. The summed E-state index contributed by atoms with van der Waals surface area (Å²) in [6, 6.07) is 7.12. The number of benzene rings is 2. The van der Waals surface area contributed by atoms with Gasteiger partial charge in [0.2, 0.25) is 11.8 Å². The Morgan fingerprint density at radius 1 is 1.03 bits per heavy atom. The summed E-state index contributed by atoms with van der Waals surface area (Å²) in [6.07, 6.45) is 0.104. The van der Waals surface area contributed by atoms with Crippen LogP contribution in [0.3, 0.4) is 0 Å². The van der Waals surface area contributed by atoms with E-state index in [1.165, 1.54) is 12.1 Å². The Morgan fingerprint density at radius 3 is 2.17 bits per heavy atom. The molecule has 2 aliphatic heterocycles. The largest absolute Gasteiger partial charge is 0.481 e. The van der Waals surface area contributed by atoms with Gasteiger partial charge in [-0.15, -0.1) is 0 Å². The number of hydrogen-bond donors (Lipinski definition) is 3. The topological polar surface area (TPSA) is 124 Å². The van der Waals surface area contributed by atoms with E-state index in [0.717, 1.165) is 16.0 Å². The molecule has 11 heteroatoms. The molecule has 0 saturated carbocycles. The average molecular weight is 554 g/mol. The fourth-order valence-electron chi connectivity index (χ4n) is 5.47. The van der Waals surface area contributed by atoms with Crippen molar-refractivity contribution in [3.63, 3.8) is 0 Å². The van der Waals surface area contributed by atoms with E-state index < -0.39 is 53.6 Å². The van der Waals surface area contributed by atoms with Crippen LogP contribution in [0, 0.1) is 11.8 Å². The minimum Gasteiger partial charge on any atom is -0.481 e. The average Bonchev–Trinajstić information content (AvgIpc) is 3.29. The molecule has 2 aliphatic rings. The van der Waals surface area contributed by atoms with Gasteiger partial charge in [0.15, 0.2) is 0 Å². The number of halogens is 3. The summed E-state index contributed by atoms with van der Waals surface area (Å²) < 4.78 is 0. The number of amides is 2. The molecule has 3 N–H and O–H groups in total. The number of aliphatic carboxylic acids is 2. The second-order valence-corrected chi connectivity index (χ2v) is 10.1. The van der Waals surface area contributed by atoms with Crippen LogP contribution in [-0.4, -0.2) is 39.5 Å². The Morgan fingerprint density at radius 2 is 1.64 bits per heavy atom. The molecule has 2 saturated heterocycles. The van der Waals surface area contributed by atoms with Crippen molar-refractivity contribution in [2.45, 2.75) is 44.7 Å². The molecule has 4 rings (SSSR count). The van der Waals surface area contributed by atoms with Crippen LogP contribution in [0.25, 0.3) is 0 Å². The number of para-hydroxylation sites is 1. The number of carbonyl (C=O) groups is 4. The molecular formula is C25H23Cl3N2O6. The van der Waals surface area contributed by atoms with Gasteiger partial charge in [0.05, 0.1) is 34.0 Å². The predicted molar refractivity (Wildman–Crippen MR) is 135 cm³/mol. The van der Waals surface area contributed by atoms with Gasteiger partial charge in [0.25, 0.3) is 0 Å². The Hall–Kier alpha value is -2.65. The number of carbonyl (C=O) groups excluding carboxylic acids is 2. The van der Waals surface area contributed by atoms with Crippen LogP contribution in [0.5, 0.6) is 0 Å². The SMILES string of the molecule is CCc1cccc(CC)c1N1C(=O)C2C(c3cc(Cl)cc(Cl)c3Cl)NC(CC(=O)O)(C(=O)O)C2C1=O. The number of hydrogen-bond acceptors (Lipinski definition) is 5. The van der Waals surface area contributed by atoms with Crippen molar-refractivity contribution in [2.24, 2.45) is 11.8 Å². The van der Waals surface area contributed by atoms with E-state index in [2.05, 4.69) is 5.32 Å². The van der Waals surface area contributed by atoms with Crippen molar-refractivity contribution in [2.75, 3.05) is 4.90 Å². The maximum Gasteiger partial charge on any atom is 0.325 e. The summed E-state index contributed by atoms with van der Waals surface area (Å²) in [6.45, 7) is 3.77. The molecule has 0 bridgehead atoms. The van der Waals surface area contributed by atoms with Crippen molar-refractivity contribution in [3.05, 3.63) is 62.1 Å². The predicted octanol–water partition coefficient (Wildman–Crippen LogP) is 4.52. The van der Waals surface area contributed by atoms with E-state index >= 15 is 0 Å². The summed E-state index contributed by atoms with van der Waals surface area (Å²) in [7, 11) is 0. The van der Waals surface area contributed by atoms with E-state index in [0.29, 0.717) is 18.5 Å².